The molecule has 150 valence electrons. The summed E-state index contributed by atoms with van der Waals surface area (Å²) in [4.78, 5) is 27.2. The molecular formula is C23H24N2O3S. The Bertz CT molecular complexity index is 935. The summed E-state index contributed by atoms with van der Waals surface area (Å²) >= 11 is 1.70. The average Bonchev–Trinajstić information content (AvgIpc) is 3.25. The summed E-state index contributed by atoms with van der Waals surface area (Å²) in [6.45, 7) is 2.85. The van der Waals surface area contributed by atoms with Gasteiger partial charge in [-0.2, -0.15) is 0 Å². The van der Waals surface area contributed by atoms with Crippen molar-refractivity contribution in [3.05, 3.63) is 76.5 Å². The lowest BCUT2D eigenvalue weighted by atomic mass is 10.1. The predicted octanol–water partition coefficient (Wildman–Crippen LogP) is 4.99. The zero-order valence-electron chi connectivity index (χ0n) is 16.6. The number of anilines is 2. The minimum atomic E-state index is -0.0646. The molecule has 0 radical (unpaired) electrons. The molecule has 29 heavy (non-hydrogen) atoms. The Hall–Kier alpha value is -3.12. The maximum absolute atomic E-state index is 12.4. The molecular weight excluding hydrogens is 384 g/mol. The highest BCUT2D eigenvalue weighted by Crippen LogP contribution is 2.23. The number of benzene rings is 2. The molecule has 0 aliphatic carbocycles. The summed E-state index contributed by atoms with van der Waals surface area (Å²) in [6, 6.07) is 18.9. The maximum Gasteiger partial charge on any atom is 0.226 e. The molecule has 0 unspecified atom stereocenters. The standard InChI is InChI=1S/C23H24N2O3S/c1-17(26)18-5-7-19(8-6-18)24-23(27)13-14-25(16-22-4-3-15-29-22)20-9-11-21(28-2)12-10-20/h3-12,15H,13-14,16H2,1-2H3,(H,24,27). The Kier molecular flexibility index (Phi) is 7.03. The van der Waals surface area contributed by atoms with E-state index in [0.717, 1.165) is 18.0 Å². The Morgan fingerprint density at radius 2 is 1.76 bits per heavy atom. The fraction of sp³-hybridized carbons (Fsp3) is 0.217. The summed E-state index contributed by atoms with van der Waals surface area (Å²) in [5, 5.41) is 4.95. The van der Waals surface area contributed by atoms with E-state index in [4.69, 9.17) is 4.74 Å². The van der Waals surface area contributed by atoms with E-state index in [-0.39, 0.29) is 11.7 Å². The van der Waals surface area contributed by atoms with Crippen LogP contribution in [0.15, 0.2) is 66.0 Å². The minimum Gasteiger partial charge on any atom is -0.497 e. The van der Waals surface area contributed by atoms with Gasteiger partial charge in [-0.1, -0.05) is 6.07 Å². The van der Waals surface area contributed by atoms with E-state index in [2.05, 4.69) is 21.7 Å². The van der Waals surface area contributed by atoms with Crippen LogP contribution in [0, 0.1) is 0 Å². The number of nitrogens with one attached hydrogen (secondary N) is 1. The largest absolute Gasteiger partial charge is 0.497 e. The van der Waals surface area contributed by atoms with E-state index >= 15 is 0 Å². The van der Waals surface area contributed by atoms with Crippen molar-refractivity contribution in [3.8, 4) is 5.75 Å². The first-order chi connectivity index (χ1) is 14.0. The van der Waals surface area contributed by atoms with Crippen LogP contribution in [-0.2, 0) is 11.3 Å². The zero-order chi connectivity index (χ0) is 20.6. The molecule has 6 heteroatoms. The van der Waals surface area contributed by atoms with Crippen LogP contribution >= 0.6 is 11.3 Å². The second kappa shape index (κ2) is 9.89. The molecule has 3 rings (SSSR count). The highest BCUT2D eigenvalue weighted by molar-refractivity contribution is 7.09. The number of Topliss-reactive ketones (excluding diaryl/α,β-unsaturated/α-hetero) is 1. The van der Waals surface area contributed by atoms with E-state index in [0.29, 0.717) is 24.2 Å². The topological polar surface area (TPSA) is 58.6 Å². The van der Waals surface area contributed by atoms with Gasteiger partial charge in [0.1, 0.15) is 5.75 Å². The van der Waals surface area contributed by atoms with Crippen molar-refractivity contribution >= 4 is 34.4 Å². The molecule has 5 nitrogen and oxygen atoms in total. The van der Waals surface area contributed by atoms with Gasteiger partial charge in [-0.25, -0.2) is 0 Å². The molecule has 2 aromatic carbocycles. The third kappa shape index (κ3) is 5.93. The minimum absolute atomic E-state index is 0.00610. The van der Waals surface area contributed by atoms with Crippen LogP contribution in [0.2, 0.25) is 0 Å². The van der Waals surface area contributed by atoms with Crippen molar-refractivity contribution in [2.24, 2.45) is 0 Å². The molecule has 0 bridgehead atoms. The summed E-state index contributed by atoms with van der Waals surface area (Å²) in [6.07, 6.45) is 0.353. The van der Waals surface area contributed by atoms with Crippen LogP contribution < -0.4 is 15.0 Å². The highest BCUT2D eigenvalue weighted by Gasteiger charge is 2.12. The summed E-state index contributed by atoms with van der Waals surface area (Å²) < 4.78 is 5.24. The smallest absolute Gasteiger partial charge is 0.226 e. The third-order valence-electron chi connectivity index (χ3n) is 4.55. The number of methoxy groups -OCH3 is 1. The molecule has 3 aromatic rings. The van der Waals surface area contributed by atoms with E-state index in [9.17, 15) is 9.59 Å². The number of rotatable bonds is 9. The fourth-order valence-electron chi connectivity index (χ4n) is 2.93. The number of thiophene rings is 1. The van der Waals surface area contributed by atoms with Crippen LogP contribution in [0.1, 0.15) is 28.6 Å². The highest BCUT2D eigenvalue weighted by atomic mass is 32.1. The molecule has 1 aromatic heterocycles. The summed E-state index contributed by atoms with van der Waals surface area (Å²) in [5.41, 5.74) is 2.36. The van der Waals surface area contributed by atoms with E-state index in [1.54, 1.807) is 42.7 Å². The van der Waals surface area contributed by atoms with Gasteiger partial charge in [0.05, 0.1) is 13.7 Å². The molecule has 0 saturated heterocycles. The number of nitrogens with zero attached hydrogens (tertiary/aromatic N) is 1. The Labute approximate surface area is 174 Å². The van der Waals surface area contributed by atoms with Gasteiger partial charge in [-0.05, 0) is 66.9 Å². The number of amides is 1. The van der Waals surface area contributed by atoms with Crippen molar-refractivity contribution in [2.75, 3.05) is 23.9 Å². The van der Waals surface area contributed by atoms with E-state index < -0.39 is 0 Å². The lowest BCUT2D eigenvalue weighted by Gasteiger charge is -2.24. The van der Waals surface area contributed by atoms with Gasteiger partial charge in [-0.3, -0.25) is 9.59 Å². The third-order valence-corrected chi connectivity index (χ3v) is 5.41. The Balaban J connectivity index is 1.63. The van der Waals surface area contributed by atoms with Crippen LogP contribution in [0.5, 0.6) is 5.75 Å². The van der Waals surface area contributed by atoms with Gasteiger partial charge in [0.25, 0.3) is 0 Å². The van der Waals surface area contributed by atoms with Crippen molar-refractivity contribution in [3.63, 3.8) is 0 Å². The number of hydrogen-bond donors (Lipinski definition) is 1. The second-order valence-electron chi connectivity index (χ2n) is 6.63. The van der Waals surface area contributed by atoms with Gasteiger partial charge in [0, 0.05) is 34.8 Å². The maximum atomic E-state index is 12.4. The predicted molar refractivity (Wildman–Crippen MR) is 118 cm³/mol. The quantitative estimate of drug-likeness (QED) is 0.507. The molecule has 0 aliphatic heterocycles. The monoisotopic (exact) mass is 408 g/mol. The molecule has 1 N–H and O–H groups in total. The molecule has 0 aliphatic rings. The van der Waals surface area contributed by atoms with Gasteiger partial charge in [0.15, 0.2) is 5.78 Å². The molecule has 0 spiro atoms. The van der Waals surface area contributed by atoms with Crippen LogP contribution in [0.4, 0.5) is 11.4 Å². The van der Waals surface area contributed by atoms with Crippen molar-refractivity contribution in [2.45, 2.75) is 19.9 Å². The molecule has 1 amide bonds. The van der Waals surface area contributed by atoms with Crippen molar-refractivity contribution in [1.29, 1.82) is 0 Å². The first-order valence-electron chi connectivity index (χ1n) is 9.37. The van der Waals surface area contributed by atoms with Crippen LogP contribution in [-0.4, -0.2) is 25.3 Å². The van der Waals surface area contributed by atoms with Gasteiger partial charge in [0.2, 0.25) is 5.91 Å². The van der Waals surface area contributed by atoms with Crippen molar-refractivity contribution in [1.82, 2.24) is 0 Å². The Morgan fingerprint density at radius 1 is 1.03 bits per heavy atom. The number of hydrogen-bond acceptors (Lipinski definition) is 5. The van der Waals surface area contributed by atoms with E-state index in [1.165, 1.54) is 11.8 Å². The SMILES string of the molecule is COc1ccc(N(CCC(=O)Nc2ccc(C(C)=O)cc2)Cc2cccs2)cc1. The lowest BCUT2D eigenvalue weighted by Crippen LogP contribution is -2.27. The lowest BCUT2D eigenvalue weighted by molar-refractivity contribution is -0.116. The summed E-state index contributed by atoms with van der Waals surface area (Å²) in [5.74, 6) is 0.744. The van der Waals surface area contributed by atoms with Gasteiger partial charge >= 0.3 is 0 Å². The molecule has 0 fully saturated rings. The fourth-order valence-corrected chi connectivity index (χ4v) is 3.65. The van der Waals surface area contributed by atoms with Gasteiger partial charge < -0.3 is 15.0 Å². The molecule has 0 atom stereocenters. The molecule has 0 saturated carbocycles. The average molecular weight is 409 g/mol. The van der Waals surface area contributed by atoms with Gasteiger partial charge in [-0.15, -0.1) is 11.3 Å². The van der Waals surface area contributed by atoms with E-state index in [1.807, 2.05) is 30.3 Å². The second-order valence-corrected chi connectivity index (χ2v) is 7.66. The number of ketones is 1. The molecule has 1 heterocycles. The first-order valence-corrected chi connectivity index (χ1v) is 10.3. The Morgan fingerprint density at radius 3 is 2.34 bits per heavy atom. The normalized spacial score (nSPS) is 10.4. The van der Waals surface area contributed by atoms with Crippen LogP contribution in [0.3, 0.4) is 0 Å². The number of carbonyl (C=O) groups is 2. The first kappa shape index (κ1) is 20.6. The zero-order valence-corrected chi connectivity index (χ0v) is 17.4. The van der Waals surface area contributed by atoms with Crippen molar-refractivity contribution < 1.29 is 14.3 Å². The summed E-state index contributed by atoms with van der Waals surface area (Å²) in [7, 11) is 1.64. The van der Waals surface area contributed by atoms with Crippen LogP contribution in [0.25, 0.3) is 0 Å². The number of ether oxygens (including phenoxy) is 1. The number of carbonyl (C=O) groups excluding carboxylic acids is 2.